The van der Waals surface area contributed by atoms with Gasteiger partial charge in [-0.2, -0.15) is 0 Å². The van der Waals surface area contributed by atoms with Crippen LogP contribution in [0.3, 0.4) is 0 Å². The van der Waals surface area contributed by atoms with E-state index in [0.717, 1.165) is 56.9 Å². The van der Waals surface area contributed by atoms with Crippen molar-refractivity contribution in [3.63, 3.8) is 0 Å². The molecule has 142 valence electrons. The molecule has 0 bridgehead atoms. The van der Waals surface area contributed by atoms with E-state index < -0.39 is 0 Å². The molecule has 1 atom stereocenters. The zero-order chi connectivity index (χ0) is 19.5. The summed E-state index contributed by atoms with van der Waals surface area (Å²) >= 11 is 3.60. The third kappa shape index (κ3) is 2.47. The number of methoxy groups -OCH3 is 1. The highest BCUT2D eigenvalue weighted by Gasteiger charge is 2.40. The van der Waals surface area contributed by atoms with Crippen LogP contribution in [0.4, 0.5) is 0 Å². The molecule has 5 rings (SSSR count). The van der Waals surface area contributed by atoms with Crippen molar-refractivity contribution in [1.82, 2.24) is 0 Å². The summed E-state index contributed by atoms with van der Waals surface area (Å²) in [6.07, 6.45) is 1.74. The highest BCUT2D eigenvalue weighted by molar-refractivity contribution is 9.10. The van der Waals surface area contributed by atoms with Crippen LogP contribution in [0.25, 0.3) is 22.3 Å². The van der Waals surface area contributed by atoms with Gasteiger partial charge in [0.2, 0.25) is 0 Å². The molecule has 0 N–H and O–H groups in total. The molecule has 0 spiro atoms. The van der Waals surface area contributed by atoms with Crippen LogP contribution in [0, 0.1) is 6.92 Å². The number of aryl methyl sites for hydroxylation is 2. The van der Waals surface area contributed by atoms with Gasteiger partial charge in [0.25, 0.3) is 0 Å². The molecule has 2 aromatic heterocycles. The van der Waals surface area contributed by atoms with E-state index >= 15 is 0 Å². The number of hydrogen-bond acceptors (Lipinski definition) is 3. The van der Waals surface area contributed by atoms with E-state index in [1.807, 2.05) is 31.2 Å². The minimum Gasteiger partial charge on any atom is -0.496 e. The summed E-state index contributed by atoms with van der Waals surface area (Å²) in [5.41, 5.74) is 4.11. The van der Waals surface area contributed by atoms with Crippen LogP contribution >= 0.6 is 15.9 Å². The van der Waals surface area contributed by atoms with Crippen LogP contribution in [-0.4, -0.2) is 7.11 Å². The van der Waals surface area contributed by atoms with Crippen molar-refractivity contribution in [2.45, 2.75) is 32.1 Å². The van der Waals surface area contributed by atoms with Crippen molar-refractivity contribution in [1.29, 1.82) is 0 Å². The van der Waals surface area contributed by atoms with Gasteiger partial charge in [-0.05, 0) is 43.7 Å². The van der Waals surface area contributed by atoms with Crippen LogP contribution < -0.4 is 4.74 Å². The van der Waals surface area contributed by atoms with Gasteiger partial charge < -0.3 is 13.6 Å². The lowest BCUT2D eigenvalue weighted by Gasteiger charge is -2.30. The Morgan fingerprint density at radius 2 is 1.86 bits per heavy atom. The van der Waals surface area contributed by atoms with Gasteiger partial charge in [0.05, 0.1) is 12.7 Å². The standard InChI is InChI=1S/C24H21BrO3/c1-14-12-18-23(27-14)22-16-13-15(25)8-9-19(16)28-21(22)10-11-24(18,2)17-6-4-5-7-20(17)26-3/h4-9,12-13H,10-11H2,1-3H3/t24-/m1/s1. The van der Waals surface area contributed by atoms with E-state index in [4.69, 9.17) is 13.6 Å². The zero-order valence-electron chi connectivity index (χ0n) is 16.1. The summed E-state index contributed by atoms with van der Waals surface area (Å²) in [6, 6.07) is 16.6. The average molecular weight is 437 g/mol. The highest BCUT2D eigenvalue weighted by Crippen LogP contribution is 2.51. The molecule has 2 aromatic carbocycles. The van der Waals surface area contributed by atoms with E-state index in [1.165, 1.54) is 11.1 Å². The summed E-state index contributed by atoms with van der Waals surface area (Å²) in [6.45, 7) is 4.29. The van der Waals surface area contributed by atoms with E-state index in [9.17, 15) is 0 Å². The lowest BCUT2D eigenvalue weighted by Crippen LogP contribution is -2.24. The van der Waals surface area contributed by atoms with Crippen LogP contribution in [0.1, 0.15) is 36.0 Å². The monoisotopic (exact) mass is 436 g/mol. The van der Waals surface area contributed by atoms with Gasteiger partial charge in [0, 0.05) is 32.8 Å². The van der Waals surface area contributed by atoms with Crippen molar-refractivity contribution in [3.05, 3.63) is 75.7 Å². The molecule has 4 heteroatoms. The van der Waals surface area contributed by atoms with Crippen LogP contribution in [-0.2, 0) is 11.8 Å². The molecule has 1 aliphatic carbocycles. The third-order valence-corrected chi connectivity index (χ3v) is 6.45. The molecular weight excluding hydrogens is 416 g/mol. The van der Waals surface area contributed by atoms with Gasteiger partial charge in [0.1, 0.15) is 28.6 Å². The quantitative estimate of drug-likeness (QED) is 0.338. The Labute approximate surface area is 172 Å². The third-order valence-electron chi connectivity index (χ3n) is 5.95. The van der Waals surface area contributed by atoms with Crippen molar-refractivity contribution in [2.24, 2.45) is 0 Å². The second-order valence-electron chi connectivity index (χ2n) is 7.67. The number of fused-ring (bicyclic) bond motifs is 5. The fourth-order valence-electron chi connectivity index (χ4n) is 4.53. The van der Waals surface area contributed by atoms with Crippen molar-refractivity contribution in [2.75, 3.05) is 7.11 Å². The summed E-state index contributed by atoms with van der Waals surface area (Å²) < 4.78 is 19.3. The summed E-state index contributed by atoms with van der Waals surface area (Å²) in [7, 11) is 1.73. The predicted molar refractivity (Wildman–Crippen MR) is 114 cm³/mol. The molecule has 1 aliphatic rings. The minimum atomic E-state index is -0.237. The number of benzene rings is 2. The lowest BCUT2D eigenvalue weighted by molar-refractivity contribution is 0.390. The fourth-order valence-corrected chi connectivity index (χ4v) is 4.89. The predicted octanol–water partition coefficient (Wildman–Crippen LogP) is 7.02. The Kier molecular flexibility index (Phi) is 3.95. The maximum Gasteiger partial charge on any atom is 0.142 e. The Balaban J connectivity index is 1.82. The van der Waals surface area contributed by atoms with Gasteiger partial charge in [-0.15, -0.1) is 0 Å². The maximum absolute atomic E-state index is 6.29. The molecule has 0 saturated heterocycles. The Hall–Kier alpha value is -2.46. The van der Waals surface area contributed by atoms with Crippen molar-refractivity contribution in [3.8, 4) is 17.1 Å². The molecule has 4 aromatic rings. The SMILES string of the molecule is COc1ccccc1[C@@]1(C)CCc2oc3ccc(Br)cc3c2-c2oc(C)cc21. The summed E-state index contributed by atoms with van der Waals surface area (Å²) in [5, 5.41) is 1.09. The van der Waals surface area contributed by atoms with Gasteiger partial charge >= 0.3 is 0 Å². The number of ether oxygens (including phenoxy) is 1. The fraction of sp³-hybridized carbons (Fsp3) is 0.250. The van der Waals surface area contributed by atoms with Crippen LogP contribution in [0.15, 0.2) is 61.8 Å². The molecule has 0 radical (unpaired) electrons. The molecule has 3 nitrogen and oxygen atoms in total. The largest absolute Gasteiger partial charge is 0.496 e. The normalized spacial score (nSPS) is 18.6. The molecular formula is C24H21BrO3. The molecule has 0 unspecified atom stereocenters. The maximum atomic E-state index is 6.29. The molecule has 0 amide bonds. The van der Waals surface area contributed by atoms with Crippen molar-refractivity contribution >= 4 is 26.9 Å². The van der Waals surface area contributed by atoms with Crippen molar-refractivity contribution < 1.29 is 13.6 Å². The molecule has 2 heterocycles. The first-order valence-corrected chi connectivity index (χ1v) is 10.3. The summed E-state index contributed by atoms with van der Waals surface area (Å²) in [4.78, 5) is 0. The second kappa shape index (κ2) is 6.28. The van der Waals surface area contributed by atoms with Gasteiger partial charge in [-0.3, -0.25) is 0 Å². The van der Waals surface area contributed by atoms with Gasteiger partial charge in [0.15, 0.2) is 0 Å². The average Bonchev–Trinajstić information content (AvgIpc) is 3.23. The topological polar surface area (TPSA) is 35.5 Å². The molecule has 0 fully saturated rings. The zero-order valence-corrected chi connectivity index (χ0v) is 17.7. The highest BCUT2D eigenvalue weighted by atomic mass is 79.9. The van der Waals surface area contributed by atoms with E-state index in [2.05, 4.69) is 47.1 Å². The second-order valence-corrected chi connectivity index (χ2v) is 8.59. The first-order chi connectivity index (χ1) is 13.5. The van der Waals surface area contributed by atoms with E-state index in [1.54, 1.807) is 7.11 Å². The van der Waals surface area contributed by atoms with Gasteiger partial charge in [-0.25, -0.2) is 0 Å². The lowest BCUT2D eigenvalue weighted by atomic mass is 9.73. The molecule has 0 aliphatic heterocycles. The number of furan rings is 2. The Morgan fingerprint density at radius 3 is 2.68 bits per heavy atom. The minimum absolute atomic E-state index is 0.237. The Bertz CT molecular complexity index is 1200. The van der Waals surface area contributed by atoms with Gasteiger partial charge in [-0.1, -0.05) is 41.1 Å². The first-order valence-electron chi connectivity index (χ1n) is 9.47. The number of hydrogen-bond donors (Lipinski definition) is 0. The summed E-state index contributed by atoms with van der Waals surface area (Å²) in [5.74, 6) is 3.71. The van der Waals surface area contributed by atoms with E-state index in [-0.39, 0.29) is 5.41 Å². The smallest absolute Gasteiger partial charge is 0.142 e. The molecule has 0 saturated carbocycles. The number of para-hydroxylation sites is 1. The first kappa shape index (κ1) is 17.6. The van der Waals surface area contributed by atoms with Crippen LogP contribution in [0.5, 0.6) is 5.75 Å². The van der Waals surface area contributed by atoms with E-state index in [0.29, 0.717) is 0 Å². The number of rotatable bonds is 2. The van der Waals surface area contributed by atoms with Crippen LogP contribution in [0.2, 0.25) is 0 Å². The Morgan fingerprint density at radius 1 is 1.04 bits per heavy atom. The molecule has 28 heavy (non-hydrogen) atoms. The number of halogens is 1.